The fraction of sp³-hybridized carbons (Fsp3) is 0.667. The van der Waals surface area contributed by atoms with Crippen molar-refractivity contribution in [1.29, 1.82) is 0 Å². The highest BCUT2D eigenvalue weighted by Gasteiger charge is 2.31. The monoisotopic (exact) mass is 274 g/mol. The molecule has 0 amide bonds. The van der Waals surface area contributed by atoms with Gasteiger partial charge in [0.1, 0.15) is 0 Å². The second-order valence-electron chi connectivity index (χ2n) is 6.01. The van der Waals surface area contributed by atoms with Crippen LogP contribution in [0.3, 0.4) is 0 Å². The van der Waals surface area contributed by atoms with E-state index >= 15 is 0 Å². The number of nitrogens with one attached hydrogen (secondary N) is 1. The van der Waals surface area contributed by atoms with Crippen LogP contribution in [0.25, 0.3) is 0 Å². The Bertz CT molecular complexity index is 416. The molecule has 1 aliphatic carbocycles. The number of hydrogen-bond donors (Lipinski definition) is 1. The molecule has 2 nitrogen and oxygen atoms in total. The predicted molar refractivity (Wildman–Crippen MR) is 87.1 cm³/mol. The maximum atomic E-state index is 3.60. The molecule has 0 aliphatic heterocycles. The van der Waals surface area contributed by atoms with Crippen LogP contribution in [-0.4, -0.2) is 30.6 Å². The lowest BCUT2D eigenvalue weighted by Gasteiger charge is -2.39. The molecule has 0 aromatic heterocycles. The van der Waals surface area contributed by atoms with E-state index in [0.717, 1.165) is 6.54 Å². The smallest absolute Gasteiger partial charge is 0.0478 e. The molecule has 0 heterocycles. The molecule has 1 aromatic carbocycles. The van der Waals surface area contributed by atoms with Gasteiger partial charge in [-0.3, -0.25) is 4.90 Å². The first-order valence-corrected chi connectivity index (χ1v) is 8.23. The van der Waals surface area contributed by atoms with E-state index in [9.17, 15) is 0 Å². The lowest BCUT2D eigenvalue weighted by atomic mass is 9.94. The Balaban J connectivity index is 2.33. The molecule has 0 saturated heterocycles. The fourth-order valence-electron chi connectivity index (χ4n) is 3.75. The van der Waals surface area contributed by atoms with Crippen LogP contribution >= 0.6 is 0 Å². The first-order chi connectivity index (χ1) is 9.72. The van der Waals surface area contributed by atoms with Crippen molar-refractivity contribution in [3.8, 4) is 0 Å². The van der Waals surface area contributed by atoms with Crippen molar-refractivity contribution in [2.75, 3.05) is 13.6 Å². The lowest BCUT2D eigenvalue weighted by Crippen LogP contribution is -2.47. The molecule has 0 bridgehead atoms. The number of benzene rings is 1. The van der Waals surface area contributed by atoms with Gasteiger partial charge in [0.15, 0.2) is 0 Å². The molecule has 112 valence electrons. The highest BCUT2D eigenvalue weighted by atomic mass is 15.2. The van der Waals surface area contributed by atoms with Crippen LogP contribution < -0.4 is 5.32 Å². The fourth-order valence-corrected chi connectivity index (χ4v) is 3.75. The Morgan fingerprint density at radius 2 is 2.05 bits per heavy atom. The van der Waals surface area contributed by atoms with Gasteiger partial charge in [-0.05, 0) is 57.3 Å². The van der Waals surface area contributed by atoms with E-state index < -0.39 is 0 Å². The number of nitrogens with zero attached hydrogens (tertiary/aromatic N) is 1. The van der Waals surface area contributed by atoms with Gasteiger partial charge in [-0.15, -0.1) is 0 Å². The second-order valence-corrected chi connectivity index (χ2v) is 6.01. The van der Waals surface area contributed by atoms with Crippen molar-refractivity contribution in [2.24, 2.45) is 0 Å². The standard InChI is InChI=1S/C18H30N2/c1-5-14(3)20(6-2)17-13-9-11-15-10-7-8-12-16(15)18(17)19-4/h7-8,10,12,14,17-19H,5-6,9,11,13H2,1-4H3. The Hall–Kier alpha value is -0.860. The van der Waals surface area contributed by atoms with Crippen molar-refractivity contribution in [2.45, 2.75) is 64.6 Å². The third-order valence-corrected chi connectivity index (χ3v) is 4.98. The van der Waals surface area contributed by atoms with Crippen molar-refractivity contribution in [3.05, 3.63) is 35.4 Å². The zero-order valence-electron chi connectivity index (χ0n) is 13.5. The SMILES string of the molecule is CCC(C)N(CC)C1CCCc2ccccc2C1NC. The predicted octanol–water partition coefficient (Wildman–Crippen LogP) is 3.77. The molecule has 20 heavy (non-hydrogen) atoms. The lowest BCUT2D eigenvalue weighted by molar-refractivity contribution is 0.112. The third-order valence-electron chi connectivity index (χ3n) is 4.98. The number of likely N-dealkylation sites (N-methyl/N-ethyl adjacent to an activating group) is 2. The summed E-state index contributed by atoms with van der Waals surface area (Å²) in [6.45, 7) is 8.11. The first kappa shape index (κ1) is 15.5. The maximum Gasteiger partial charge on any atom is 0.0478 e. The van der Waals surface area contributed by atoms with E-state index in [1.165, 1.54) is 36.8 Å². The van der Waals surface area contributed by atoms with Gasteiger partial charge in [0.2, 0.25) is 0 Å². The van der Waals surface area contributed by atoms with E-state index in [4.69, 9.17) is 0 Å². The van der Waals surface area contributed by atoms with E-state index in [0.29, 0.717) is 18.1 Å². The highest BCUT2D eigenvalue weighted by Crippen LogP contribution is 2.32. The molecule has 0 fully saturated rings. The Kier molecular flexibility index (Phi) is 5.62. The quantitative estimate of drug-likeness (QED) is 0.822. The number of hydrogen-bond acceptors (Lipinski definition) is 2. The Morgan fingerprint density at radius 3 is 2.70 bits per heavy atom. The Morgan fingerprint density at radius 1 is 1.30 bits per heavy atom. The molecule has 1 aliphatic rings. The summed E-state index contributed by atoms with van der Waals surface area (Å²) in [6, 6.07) is 10.7. The Labute approximate surface area is 124 Å². The first-order valence-electron chi connectivity index (χ1n) is 8.23. The molecule has 2 rings (SSSR count). The minimum atomic E-state index is 0.461. The van der Waals surface area contributed by atoms with Crippen molar-refractivity contribution < 1.29 is 0 Å². The average molecular weight is 274 g/mol. The van der Waals surface area contributed by atoms with Gasteiger partial charge in [-0.2, -0.15) is 0 Å². The molecule has 3 atom stereocenters. The van der Waals surface area contributed by atoms with Crippen LogP contribution in [0.15, 0.2) is 24.3 Å². The van der Waals surface area contributed by atoms with Crippen molar-refractivity contribution >= 4 is 0 Å². The third kappa shape index (κ3) is 3.07. The van der Waals surface area contributed by atoms with Crippen LogP contribution in [0.5, 0.6) is 0 Å². The van der Waals surface area contributed by atoms with E-state index in [1.54, 1.807) is 0 Å². The normalized spacial score (nSPS) is 24.2. The minimum Gasteiger partial charge on any atom is -0.312 e. The largest absolute Gasteiger partial charge is 0.312 e. The molecule has 0 saturated carbocycles. The summed E-state index contributed by atoms with van der Waals surface area (Å²) in [5, 5.41) is 3.60. The molecule has 0 radical (unpaired) electrons. The number of rotatable bonds is 5. The van der Waals surface area contributed by atoms with Crippen LogP contribution in [0.2, 0.25) is 0 Å². The number of aryl methyl sites for hydroxylation is 1. The van der Waals surface area contributed by atoms with Gasteiger partial charge in [0, 0.05) is 18.1 Å². The second kappa shape index (κ2) is 7.24. The van der Waals surface area contributed by atoms with E-state index in [2.05, 4.69) is 62.3 Å². The van der Waals surface area contributed by atoms with Gasteiger partial charge in [0.25, 0.3) is 0 Å². The zero-order valence-corrected chi connectivity index (χ0v) is 13.5. The maximum absolute atomic E-state index is 3.60. The van der Waals surface area contributed by atoms with Crippen molar-refractivity contribution in [3.63, 3.8) is 0 Å². The molecule has 1 aromatic rings. The topological polar surface area (TPSA) is 15.3 Å². The molecular formula is C18H30N2. The summed E-state index contributed by atoms with van der Waals surface area (Å²) in [6.07, 6.45) is 5.04. The summed E-state index contributed by atoms with van der Waals surface area (Å²) in [5.41, 5.74) is 3.05. The summed E-state index contributed by atoms with van der Waals surface area (Å²) >= 11 is 0. The number of fused-ring (bicyclic) bond motifs is 1. The van der Waals surface area contributed by atoms with Crippen LogP contribution in [0.1, 0.15) is 57.2 Å². The van der Waals surface area contributed by atoms with Gasteiger partial charge in [-0.1, -0.05) is 38.1 Å². The van der Waals surface area contributed by atoms with Crippen LogP contribution in [0, 0.1) is 0 Å². The molecule has 1 N–H and O–H groups in total. The molecule has 0 spiro atoms. The molecule has 2 heteroatoms. The van der Waals surface area contributed by atoms with Gasteiger partial charge >= 0.3 is 0 Å². The van der Waals surface area contributed by atoms with E-state index in [-0.39, 0.29) is 0 Å². The summed E-state index contributed by atoms with van der Waals surface area (Å²) < 4.78 is 0. The summed E-state index contributed by atoms with van der Waals surface area (Å²) in [4.78, 5) is 2.70. The van der Waals surface area contributed by atoms with Crippen LogP contribution in [-0.2, 0) is 6.42 Å². The summed E-state index contributed by atoms with van der Waals surface area (Å²) in [7, 11) is 2.12. The highest BCUT2D eigenvalue weighted by molar-refractivity contribution is 5.32. The molecular weight excluding hydrogens is 244 g/mol. The molecule has 3 unspecified atom stereocenters. The van der Waals surface area contributed by atoms with E-state index in [1.807, 2.05) is 0 Å². The van der Waals surface area contributed by atoms with Crippen LogP contribution in [0.4, 0.5) is 0 Å². The minimum absolute atomic E-state index is 0.461. The van der Waals surface area contributed by atoms with Gasteiger partial charge in [0.05, 0.1) is 0 Å². The average Bonchev–Trinajstić information content (AvgIpc) is 2.67. The van der Waals surface area contributed by atoms with Gasteiger partial charge in [-0.25, -0.2) is 0 Å². The summed E-state index contributed by atoms with van der Waals surface area (Å²) in [5.74, 6) is 0. The van der Waals surface area contributed by atoms with Crippen molar-refractivity contribution in [1.82, 2.24) is 10.2 Å². The van der Waals surface area contributed by atoms with Gasteiger partial charge < -0.3 is 5.32 Å². The zero-order chi connectivity index (χ0) is 14.5.